The van der Waals surface area contributed by atoms with Crippen molar-refractivity contribution < 1.29 is 22.9 Å². The van der Waals surface area contributed by atoms with Crippen LogP contribution in [0.3, 0.4) is 0 Å². The van der Waals surface area contributed by atoms with Crippen LogP contribution in [0.25, 0.3) is 0 Å². The second-order valence-corrected chi connectivity index (χ2v) is 5.97. The Labute approximate surface area is 124 Å². The quantitative estimate of drug-likeness (QED) is 0.589. The van der Waals surface area contributed by atoms with Crippen molar-refractivity contribution in [2.45, 2.75) is 37.8 Å². The van der Waals surface area contributed by atoms with Gasteiger partial charge in [-0.2, -0.15) is 8.42 Å². The van der Waals surface area contributed by atoms with E-state index in [0.29, 0.717) is 6.04 Å². The highest BCUT2D eigenvalue weighted by Gasteiger charge is 2.29. The fraction of sp³-hybridized carbons (Fsp3) is 0.462. The molecule has 0 radical (unpaired) electrons. The average molecular weight is 316 g/mol. The number of amides is 1. The molecule has 0 aliphatic heterocycles. The molecule has 1 aliphatic carbocycles. The van der Waals surface area contributed by atoms with Gasteiger partial charge >= 0.3 is 10.3 Å². The van der Waals surface area contributed by atoms with E-state index < -0.39 is 16.4 Å². The molecule has 0 spiro atoms. The maximum absolute atomic E-state index is 11.6. The van der Waals surface area contributed by atoms with Gasteiger partial charge in [-0.05, 0) is 18.4 Å². The second kappa shape index (κ2) is 7.51. The Morgan fingerprint density at radius 2 is 1.81 bits per heavy atom. The predicted octanol–water partition coefficient (Wildman–Crippen LogP) is 0.178. The molecule has 2 unspecified atom stereocenters. The van der Waals surface area contributed by atoms with Gasteiger partial charge in [0.2, 0.25) is 5.91 Å². The van der Waals surface area contributed by atoms with Crippen molar-refractivity contribution in [1.82, 2.24) is 5.32 Å². The Kier molecular flexibility index (Phi) is 6.28. The van der Waals surface area contributed by atoms with Crippen molar-refractivity contribution in [3.8, 4) is 0 Å². The van der Waals surface area contributed by atoms with Crippen LogP contribution < -0.4 is 10.5 Å². The van der Waals surface area contributed by atoms with Gasteiger partial charge < -0.3 is 10.4 Å². The van der Waals surface area contributed by atoms with E-state index in [0.717, 1.165) is 18.4 Å². The molecular formula is C13H20N2O5S. The summed E-state index contributed by atoms with van der Waals surface area (Å²) in [6.07, 6.45) is 1.12. The molecule has 1 aromatic rings. The van der Waals surface area contributed by atoms with E-state index in [9.17, 15) is 9.90 Å². The van der Waals surface area contributed by atoms with E-state index in [1.807, 2.05) is 37.3 Å². The van der Waals surface area contributed by atoms with Gasteiger partial charge in [0, 0.05) is 12.0 Å². The number of carbonyl (C=O) groups is 1. The Morgan fingerprint density at radius 1 is 1.33 bits per heavy atom. The third kappa shape index (κ3) is 7.76. The summed E-state index contributed by atoms with van der Waals surface area (Å²) < 4.78 is 25.2. The van der Waals surface area contributed by atoms with Crippen LogP contribution in [0.2, 0.25) is 0 Å². The van der Waals surface area contributed by atoms with E-state index in [4.69, 9.17) is 13.0 Å². The summed E-state index contributed by atoms with van der Waals surface area (Å²) in [7, 11) is -4.17. The molecule has 0 aromatic heterocycles. The maximum atomic E-state index is 11.6. The fourth-order valence-electron chi connectivity index (χ4n) is 1.68. The summed E-state index contributed by atoms with van der Waals surface area (Å²) in [5.74, 6) is -0.418. The number of aliphatic hydroxyl groups is 1. The highest BCUT2D eigenvalue weighted by Crippen LogP contribution is 2.22. The number of nitrogens with one attached hydrogen (secondary N) is 1. The van der Waals surface area contributed by atoms with Crippen LogP contribution in [0.15, 0.2) is 30.3 Å². The number of hydrogen-bond donors (Lipinski definition) is 4. The lowest BCUT2D eigenvalue weighted by Gasteiger charge is -2.18. The van der Waals surface area contributed by atoms with Crippen LogP contribution in [0.4, 0.5) is 0 Å². The molecule has 8 heteroatoms. The molecule has 21 heavy (non-hydrogen) atoms. The summed E-state index contributed by atoms with van der Waals surface area (Å²) in [6, 6.07) is 9.91. The van der Waals surface area contributed by atoms with Crippen molar-refractivity contribution in [2.24, 2.45) is 5.14 Å². The first-order valence-electron chi connectivity index (χ1n) is 6.47. The lowest BCUT2D eigenvalue weighted by molar-refractivity contribution is -0.130. The molecule has 1 aliphatic rings. The number of hydrogen-bond acceptors (Lipinski definition) is 4. The van der Waals surface area contributed by atoms with Crippen LogP contribution in [-0.2, 0) is 15.1 Å². The van der Waals surface area contributed by atoms with Crippen LogP contribution in [0, 0.1) is 0 Å². The van der Waals surface area contributed by atoms with Gasteiger partial charge in [0.05, 0.1) is 0 Å². The average Bonchev–Trinajstić information content (AvgIpc) is 3.20. The van der Waals surface area contributed by atoms with Crippen LogP contribution in [0.5, 0.6) is 0 Å². The first-order chi connectivity index (χ1) is 9.68. The molecule has 1 saturated carbocycles. The number of aliphatic hydroxyl groups excluding tert-OH is 1. The van der Waals surface area contributed by atoms with Gasteiger partial charge in [-0.1, -0.05) is 37.3 Å². The monoisotopic (exact) mass is 316 g/mol. The van der Waals surface area contributed by atoms with Crippen molar-refractivity contribution in [3.05, 3.63) is 35.9 Å². The number of benzene rings is 1. The van der Waals surface area contributed by atoms with Gasteiger partial charge in [-0.25, -0.2) is 5.14 Å². The van der Waals surface area contributed by atoms with Crippen LogP contribution in [-0.4, -0.2) is 36.1 Å². The van der Waals surface area contributed by atoms with E-state index in [2.05, 4.69) is 10.5 Å². The molecule has 118 valence electrons. The Bertz CT molecular complexity index is 549. The molecule has 7 nitrogen and oxygen atoms in total. The Hall–Kier alpha value is -1.48. The Balaban J connectivity index is 0.000000383. The van der Waals surface area contributed by atoms with Crippen LogP contribution in [0.1, 0.15) is 31.2 Å². The van der Waals surface area contributed by atoms with E-state index in [-0.39, 0.29) is 11.8 Å². The topological polar surface area (TPSA) is 130 Å². The zero-order valence-electron chi connectivity index (χ0n) is 11.6. The largest absolute Gasteiger partial charge is 0.383 e. The minimum atomic E-state index is -4.17. The van der Waals surface area contributed by atoms with Gasteiger partial charge in [-0.3, -0.25) is 9.35 Å². The lowest BCUT2D eigenvalue weighted by Crippen LogP contribution is -2.38. The molecule has 5 N–H and O–H groups in total. The molecule has 1 aromatic carbocycles. The standard InChI is InChI=1S/C13H17NO2.H3NO3S/c1-9(10-5-3-2-4-6-10)12(15)13(16)14-11-7-8-11;1-5(2,3)4/h2-6,9,11-12,15H,7-8H2,1H3,(H,14,16);(H3,1,2,3,4). The molecule has 2 rings (SSSR count). The zero-order valence-corrected chi connectivity index (χ0v) is 12.5. The summed E-state index contributed by atoms with van der Waals surface area (Å²) in [5, 5.41) is 16.6. The van der Waals surface area contributed by atoms with Crippen LogP contribution >= 0.6 is 0 Å². The molecule has 0 heterocycles. The van der Waals surface area contributed by atoms with Gasteiger partial charge in [0.1, 0.15) is 6.10 Å². The molecule has 1 fully saturated rings. The van der Waals surface area contributed by atoms with E-state index in [1.165, 1.54) is 0 Å². The third-order valence-corrected chi connectivity index (χ3v) is 2.99. The number of nitrogens with two attached hydrogens (primary N) is 1. The SMILES string of the molecule is CC(c1ccccc1)C(O)C(=O)NC1CC1.NS(=O)(=O)O. The maximum Gasteiger partial charge on any atom is 0.330 e. The predicted molar refractivity (Wildman–Crippen MR) is 77.8 cm³/mol. The highest BCUT2D eigenvalue weighted by atomic mass is 32.2. The van der Waals surface area contributed by atoms with E-state index >= 15 is 0 Å². The molecule has 2 atom stereocenters. The Morgan fingerprint density at radius 3 is 2.24 bits per heavy atom. The lowest BCUT2D eigenvalue weighted by atomic mass is 9.95. The van der Waals surface area contributed by atoms with Gasteiger partial charge in [0.15, 0.2) is 0 Å². The normalized spacial score (nSPS) is 17.1. The highest BCUT2D eigenvalue weighted by molar-refractivity contribution is 7.83. The summed E-state index contributed by atoms with van der Waals surface area (Å²) in [6.45, 7) is 1.87. The van der Waals surface area contributed by atoms with Crippen molar-refractivity contribution in [3.63, 3.8) is 0 Å². The molecule has 0 bridgehead atoms. The second-order valence-electron chi connectivity index (χ2n) is 4.94. The van der Waals surface area contributed by atoms with Gasteiger partial charge in [-0.15, -0.1) is 0 Å². The van der Waals surface area contributed by atoms with Gasteiger partial charge in [0.25, 0.3) is 0 Å². The smallest absolute Gasteiger partial charge is 0.330 e. The van der Waals surface area contributed by atoms with Crippen molar-refractivity contribution in [1.29, 1.82) is 0 Å². The molecule has 1 amide bonds. The van der Waals surface area contributed by atoms with Crippen molar-refractivity contribution in [2.75, 3.05) is 0 Å². The number of rotatable bonds is 4. The summed E-state index contributed by atoms with van der Waals surface area (Å²) in [4.78, 5) is 11.6. The molecular weight excluding hydrogens is 296 g/mol. The minimum Gasteiger partial charge on any atom is -0.383 e. The summed E-state index contributed by atoms with van der Waals surface area (Å²) in [5.41, 5.74) is 0.987. The first kappa shape index (κ1) is 17.6. The van der Waals surface area contributed by atoms with Crippen molar-refractivity contribution >= 4 is 16.2 Å². The molecule has 0 saturated heterocycles. The number of carbonyl (C=O) groups excluding carboxylic acids is 1. The van der Waals surface area contributed by atoms with E-state index in [1.54, 1.807) is 0 Å². The first-order valence-corrected chi connectivity index (χ1v) is 7.97. The third-order valence-electron chi connectivity index (χ3n) is 2.99. The zero-order chi connectivity index (χ0) is 16.0. The summed E-state index contributed by atoms with van der Waals surface area (Å²) >= 11 is 0. The minimum absolute atomic E-state index is 0.167. The fourth-order valence-corrected chi connectivity index (χ4v) is 1.68.